The fourth-order valence-electron chi connectivity index (χ4n) is 2.15. The maximum Gasteiger partial charge on any atom is 0.0615 e. The molecule has 2 heteroatoms. The number of hydrogen-bond acceptors (Lipinski definition) is 2. The molecule has 0 aromatic carbocycles. The fraction of sp³-hybridized carbons (Fsp3) is 1.00. The third-order valence-corrected chi connectivity index (χ3v) is 3.09. The van der Waals surface area contributed by atoms with Crippen LogP contribution in [-0.2, 0) is 4.74 Å². The van der Waals surface area contributed by atoms with Crippen molar-refractivity contribution in [2.45, 2.75) is 58.0 Å². The van der Waals surface area contributed by atoms with E-state index in [4.69, 9.17) is 4.74 Å². The highest BCUT2D eigenvalue weighted by Gasteiger charge is 2.30. The quantitative estimate of drug-likeness (QED) is 0.649. The summed E-state index contributed by atoms with van der Waals surface area (Å²) >= 11 is 0. The van der Waals surface area contributed by atoms with Crippen LogP contribution in [0.25, 0.3) is 0 Å². The van der Waals surface area contributed by atoms with E-state index in [1.165, 1.54) is 32.1 Å². The second-order valence-corrected chi connectivity index (χ2v) is 4.46. The minimum absolute atomic E-state index is 0.565. The highest BCUT2D eigenvalue weighted by Crippen LogP contribution is 2.34. The predicted octanol–water partition coefficient (Wildman–Crippen LogP) is 2.58. The molecular weight excluding hydrogens is 174 g/mol. The van der Waals surface area contributed by atoms with Crippen LogP contribution in [0.2, 0.25) is 0 Å². The van der Waals surface area contributed by atoms with Crippen LogP contribution in [0.1, 0.15) is 46.0 Å². The number of ether oxygens (including phenoxy) is 1. The lowest BCUT2D eigenvalue weighted by atomic mass is 10.1. The topological polar surface area (TPSA) is 21.3 Å². The van der Waals surface area contributed by atoms with E-state index in [0.717, 1.165) is 18.6 Å². The molecule has 84 valence electrons. The van der Waals surface area contributed by atoms with Gasteiger partial charge in [-0.15, -0.1) is 0 Å². The zero-order valence-corrected chi connectivity index (χ0v) is 9.88. The Hall–Kier alpha value is -0.0800. The first kappa shape index (κ1) is 12.0. The molecule has 1 aliphatic rings. The lowest BCUT2D eigenvalue weighted by molar-refractivity contribution is 0.153. The molecule has 2 atom stereocenters. The van der Waals surface area contributed by atoms with Gasteiger partial charge in [-0.25, -0.2) is 0 Å². The molecule has 0 aromatic rings. The molecular formula is C12H25NO. The maximum absolute atomic E-state index is 5.24. The summed E-state index contributed by atoms with van der Waals surface area (Å²) < 4.78 is 5.24. The van der Waals surface area contributed by atoms with Gasteiger partial charge in [-0.3, -0.25) is 0 Å². The standard InChI is InChI=1S/C12H25NO/c1-4-6-11(9-14-3)13-12(5-2)10-7-8-10/h10-13H,4-9H2,1-3H3. The zero-order valence-electron chi connectivity index (χ0n) is 9.88. The van der Waals surface area contributed by atoms with Crippen molar-refractivity contribution in [3.05, 3.63) is 0 Å². The van der Waals surface area contributed by atoms with Crippen molar-refractivity contribution in [1.82, 2.24) is 5.32 Å². The smallest absolute Gasteiger partial charge is 0.0615 e. The second kappa shape index (κ2) is 6.41. The predicted molar refractivity (Wildman–Crippen MR) is 60.5 cm³/mol. The van der Waals surface area contributed by atoms with Crippen LogP contribution in [0.5, 0.6) is 0 Å². The van der Waals surface area contributed by atoms with Crippen LogP contribution in [0.3, 0.4) is 0 Å². The van der Waals surface area contributed by atoms with Crippen molar-refractivity contribution >= 4 is 0 Å². The molecule has 1 saturated carbocycles. The molecule has 0 radical (unpaired) electrons. The Morgan fingerprint density at radius 3 is 2.50 bits per heavy atom. The normalized spacial score (nSPS) is 20.8. The molecule has 1 aliphatic carbocycles. The van der Waals surface area contributed by atoms with Crippen molar-refractivity contribution in [3.63, 3.8) is 0 Å². The molecule has 1 rings (SSSR count). The Labute approximate surface area is 88.4 Å². The summed E-state index contributed by atoms with van der Waals surface area (Å²) in [6.07, 6.45) is 6.59. The van der Waals surface area contributed by atoms with Gasteiger partial charge < -0.3 is 10.1 Å². The molecule has 2 nitrogen and oxygen atoms in total. The zero-order chi connectivity index (χ0) is 10.4. The molecule has 0 heterocycles. The van der Waals surface area contributed by atoms with E-state index in [1.807, 2.05) is 0 Å². The first-order chi connectivity index (χ1) is 6.81. The highest BCUT2D eigenvalue weighted by atomic mass is 16.5. The molecule has 0 bridgehead atoms. The largest absolute Gasteiger partial charge is 0.383 e. The van der Waals surface area contributed by atoms with Gasteiger partial charge in [-0.05, 0) is 31.6 Å². The van der Waals surface area contributed by atoms with Crippen molar-refractivity contribution in [2.75, 3.05) is 13.7 Å². The molecule has 0 aliphatic heterocycles. The second-order valence-electron chi connectivity index (χ2n) is 4.46. The summed E-state index contributed by atoms with van der Waals surface area (Å²) in [5, 5.41) is 3.74. The average molecular weight is 199 g/mol. The van der Waals surface area contributed by atoms with Crippen LogP contribution in [0.15, 0.2) is 0 Å². The summed E-state index contributed by atoms with van der Waals surface area (Å²) in [6.45, 7) is 5.38. The van der Waals surface area contributed by atoms with Gasteiger partial charge in [0.15, 0.2) is 0 Å². The molecule has 2 unspecified atom stereocenters. The van der Waals surface area contributed by atoms with Crippen molar-refractivity contribution in [1.29, 1.82) is 0 Å². The van der Waals surface area contributed by atoms with Crippen LogP contribution < -0.4 is 5.32 Å². The highest BCUT2D eigenvalue weighted by molar-refractivity contribution is 4.87. The Morgan fingerprint density at radius 1 is 1.36 bits per heavy atom. The van der Waals surface area contributed by atoms with Gasteiger partial charge in [-0.1, -0.05) is 20.3 Å². The lowest BCUT2D eigenvalue weighted by Crippen LogP contribution is -2.41. The van der Waals surface area contributed by atoms with E-state index in [0.29, 0.717) is 6.04 Å². The van der Waals surface area contributed by atoms with Gasteiger partial charge in [0.05, 0.1) is 6.61 Å². The van der Waals surface area contributed by atoms with Crippen LogP contribution >= 0.6 is 0 Å². The molecule has 0 aromatic heterocycles. The molecule has 0 saturated heterocycles. The molecule has 0 spiro atoms. The fourth-order valence-corrected chi connectivity index (χ4v) is 2.15. The Morgan fingerprint density at radius 2 is 2.07 bits per heavy atom. The van der Waals surface area contributed by atoms with E-state index >= 15 is 0 Å². The molecule has 1 N–H and O–H groups in total. The summed E-state index contributed by atoms with van der Waals surface area (Å²) in [7, 11) is 1.79. The molecule has 14 heavy (non-hydrogen) atoms. The third kappa shape index (κ3) is 3.97. The summed E-state index contributed by atoms with van der Waals surface area (Å²) in [5.41, 5.74) is 0. The minimum Gasteiger partial charge on any atom is -0.383 e. The third-order valence-electron chi connectivity index (χ3n) is 3.09. The van der Waals surface area contributed by atoms with Crippen LogP contribution in [0, 0.1) is 5.92 Å². The first-order valence-corrected chi connectivity index (χ1v) is 6.06. The number of methoxy groups -OCH3 is 1. The Balaban J connectivity index is 2.27. The van der Waals surface area contributed by atoms with E-state index in [2.05, 4.69) is 19.2 Å². The lowest BCUT2D eigenvalue weighted by Gasteiger charge is -2.24. The number of nitrogens with one attached hydrogen (secondary N) is 1. The number of rotatable bonds is 8. The summed E-state index contributed by atoms with van der Waals surface area (Å²) in [5.74, 6) is 0.955. The average Bonchev–Trinajstić information content (AvgIpc) is 2.98. The van der Waals surface area contributed by atoms with Gasteiger partial charge >= 0.3 is 0 Å². The maximum atomic E-state index is 5.24. The number of hydrogen-bond donors (Lipinski definition) is 1. The van der Waals surface area contributed by atoms with E-state index in [1.54, 1.807) is 7.11 Å². The summed E-state index contributed by atoms with van der Waals surface area (Å²) in [4.78, 5) is 0. The Bertz CT molecular complexity index is 139. The Kier molecular flexibility index (Phi) is 5.49. The van der Waals surface area contributed by atoms with Crippen molar-refractivity contribution in [3.8, 4) is 0 Å². The van der Waals surface area contributed by atoms with Crippen LogP contribution in [0.4, 0.5) is 0 Å². The van der Waals surface area contributed by atoms with Crippen LogP contribution in [-0.4, -0.2) is 25.8 Å². The molecule has 0 amide bonds. The van der Waals surface area contributed by atoms with E-state index < -0.39 is 0 Å². The molecule has 1 fully saturated rings. The summed E-state index contributed by atoms with van der Waals surface area (Å²) in [6, 6.07) is 1.30. The van der Waals surface area contributed by atoms with Crippen molar-refractivity contribution < 1.29 is 4.74 Å². The van der Waals surface area contributed by atoms with Crippen molar-refractivity contribution in [2.24, 2.45) is 5.92 Å². The van der Waals surface area contributed by atoms with E-state index in [-0.39, 0.29) is 0 Å². The first-order valence-electron chi connectivity index (χ1n) is 6.06. The van der Waals surface area contributed by atoms with Gasteiger partial charge in [0, 0.05) is 19.2 Å². The monoisotopic (exact) mass is 199 g/mol. The minimum atomic E-state index is 0.565. The van der Waals surface area contributed by atoms with Gasteiger partial charge in [-0.2, -0.15) is 0 Å². The van der Waals surface area contributed by atoms with Gasteiger partial charge in [0.2, 0.25) is 0 Å². The van der Waals surface area contributed by atoms with Gasteiger partial charge in [0.25, 0.3) is 0 Å². The van der Waals surface area contributed by atoms with Gasteiger partial charge in [0.1, 0.15) is 0 Å². The van der Waals surface area contributed by atoms with E-state index in [9.17, 15) is 0 Å². The SMILES string of the molecule is CCCC(COC)NC(CC)C1CC1.